The monoisotopic (exact) mass is 292 g/mol. The molecule has 21 heavy (non-hydrogen) atoms. The molecule has 2 N–H and O–H groups in total. The van der Waals surface area contributed by atoms with E-state index in [9.17, 15) is 18.4 Å². The van der Waals surface area contributed by atoms with Gasteiger partial charge >= 0.3 is 11.9 Å². The highest BCUT2D eigenvalue weighted by Crippen LogP contribution is 2.36. The summed E-state index contributed by atoms with van der Waals surface area (Å²) in [6, 6.07) is 8.64. The van der Waals surface area contributed by atoms with Crippen LogP contribution in [0.25, 0.3) is 0 Å². The predicted octanol–water partition coefficient (Wildman–Crippen LogP) is 3.22. The van der Waals surface area contributed by atoms with Crippen LogP contribution >= 0.6 is 0 Å². The average Bonchev–Trinajstić information content (AvgIpc) is 2.47. The van der Waals surface area contributed by atoms with E-state index in [1.54, 1.807) is 0 Å². The van der Waals surface area contributed by atoms with Crippen LogP contribution in [0.1, 0.15) is 31.8 Å². The Balaban J connectivity index is 2.43. The van der Waals surface area contributed by atoms with Gasteiger partial charge in [-0.2, -0.15) is 8.78 Å². The average molecular weight is 292 g/mol. The molecule has 0 aliphatic carbocycles. The lowest BCUT2D eigenvalue weighted by molar-refractivity contribution is 0.0425. The number of rotatable bonds is 4. The third-order valence-electron chi connectivity index (χ3n) is 2.97. The van der Waals surface area contributed by atoms with Gasteiger partial charge in [-0.1, -0.05) is 24.3 Å². The molecule has 0 amide bonds. The summed E-state index contributed by atoms with van der Waals surface area (Å²) >= 11 is 0. The standard InChI is InChI=1S/C15H10F2O4/c16-15(17,11-6-4-9(5-7-11)13(18)19)12-3-1-2-10(8-12)14(20)21/h1-8H,(H,18,19)(H,20,21). The SMILES string of the molecule is O=C(O)c1ccc(C(F)(F)c2cccc(C(=O)O)c2)cc1. The molecule has 0 atom stereocenters. The van der Waals surface area contributed by atoms with E-state index in [0.29, 0.717) is 0 Å². The van der Waals surface area contributed by atoms with Crippen LogP contribution in [0, 0.1) is 0 Å². The quantitative estimate of drug-likeness (QED) is 0.907. The van der Waals surface area contributed by atoms with Gasteiger partial charge in [0.2, 0.25) is 0 Å². The van der Waals surface area contributed by atoms with E-state index in [1.165, 1.54) is 12.1 Å². The molecule has 0 bridgehead atoms. The molecule has 0 aromatic heterocycles. The van der Waals surface area contributed by atoms with Crippen LogP contribution in [0.3, 0.4) is 0 Å². The number of aromatic carboxylic acids is 2. The molecular weight excluding hydrogens is 282 g/mol. The smallest absolute Gasteiger partial charge is 0.335 e. The maximum Gasteiger partial charge on any atom is 0.335 e. The van der Waals surface area contributed by atoms with Crippen molar-refractivity contribution in [1.29, 1.82) is 0 Å². The molecule has 2 rings (SSSR count). The van der Waals surface area contributed by atoms with Crippen LogP contribution in [0.15, 0.2) is 48.5 Å². The lowest BCUT2D eigenvalue weighted by Gasteiger charge is -2.17. The number of carbonyl (C=O) groups is 2. The van der Waals surface area contributed by atoms with E-state index in [-0.39, 0.29) is 11.1 Å². The van der Waals surface area contributed by atoms with Gasteiger partial charge < -0.3 is 10.2 Å². The van der Waals surface area contributed by atoms with Crippen molar-refractivity contribution >= 4 is 11.9 Å². The van der Waals surface area contributed by atoms with Crippen LogP contribution in [-0.2, 0) is 5.92 Å². The summed E-state index contributed by atoms with van der Waals surface area (Å²) in [6.45, 7) is 0. The topological polar surface area (TPSA) is 74.6 Å². The number of carboxylic acids is 2. The van der Waals surface area contributed by atoms with E-state index >= 15 is 0 Å². The molecule has 4 nitrogen and oxygen atoms in total. The maximum atomic E-state index is 14.3. The molecule has 0 saturated heterocycles. The fourth-order valence-electron chi connectivity index (χ4n) is 1.84. The number of halogens is 2. The summed E-state index contributed by atoms with van der Waals surface area (Å²) < 4.78 is 28.6. The normalized spacial score (nSPS) is 11.1. The zero-order valence-electron chi connectivity index (χ0n) is 10.6. The number of alkyl halides is 2. The van der Waals surface area contributed by atoms with Crippen LogP contribution in [0.4, 0.5) is 8.78 Å². The maximum absolute atomic E-state index is 14.3. The highest BCUT2D eigenvalue weighted by Gasteiger charge is 2.34. The fourth-order valence-corrected chi connectivity index (χ4v) is 1.84. The molecule has 2 aromatic carbocycles. The van der Waals surface area contributed by atoms with Crippen molar-refractivity contribution in [3.05, 3.63) is 70.8 Å². The summed E-state index contributed by atoms with van der Waals surface area (Å²) in [4.78, 5) is 21.5. The first-order valence-electron chi connectivity index (χ1n) is 5.88. The molecule has 0 radical (unpaired) electrons. The van der Waals surface area contributed by atoms with Crippen LogP contribution in [0.2, 0.25) is 0 Å². The first kappa shape index (κ1) is 14.6. The zero-order valence-corrected chi connectivity index (χ0v) is 10.6. The number of hydrogen-bond acceptors (Lipinski definition) is 2. The zero-order chi connectivity index (χ0) is 15.6. The lowest BCUT2D eigenvalue weighted by Crippen LogP contribution is -2.16. The summed E-state index contributed by atoms with van der Waals surface area (Å²) in [7, 11) is 0. The lowest BCUT2D eigenvalue weighted by atomic mass is 9.98. The van der Waals surface area contributed by atoms with Crippen LogP contribution < -0.4 is 0 Å². The molecule has 0 aliphatic rings. The van der Waals surface area contributed by atoms with Gasteiger partial charge in [0.1, 0.15) is 0 Å². The molecular formula is C15H10F2O4. The minimum absolute atomic E-state index is 0.103. The highest BCUT2D eigenvalue weighted by atomic mass is 19.3. The second kappa shape index (κ2) is 5.32. The molecule has 2 aromatic rings. The van der Waals surface area contributed by atoms with Crippen LogP contribution in [-0.4, -0.2) is 22.2 Å². The van der Waals surface area contributed by atoms with E-state index in [4.69, 9.17) is 10.2 Å². The van der Waals surface area contributed by atoms with Crippen molar-refractivity contribution < 1.29 is 28.6 Å². The second-order valence-corrected chi connectivity index (χ2v) is 4.34. The van der Waals surface area contributed by atoms with Crippen molar-refractivity contribution in [2.75, 3.05) is 0 Å². The Morgan fingerprint density at radius 2 is 1.38 bits per heavy atom. The summed E-state index contributed by atoms with van der Waals surface area (Å²) in [6.07, 6.45) is 0. The Labute approximate surface area is 118 Å². The summed E-state index contributed by atoms with van der Waals surface area (Å²) in [5.74, 6) is -5.92. The van der Waals surface area contributed by atoms with Crippen molar-refractivity contribution in [2.45, 2.75) is 5.92 Å². The van der Waals surface area contributed by atoms with Gasteiger partial charge in [-0.3, -0.25) is 0 Å². The minimum atomic E-state index is -3.41. The first-order valence-corrected chi connectivity index (χ1v) is 5.88. The Morgan fingerprint density at radius 1 is 0.810 bits per heavy atom. The molecule has 6 heteroatoms. The van der Waals surface area contributed by atoms with Gasteiger partial charge in [0.25, 0.3) is 5.92 Å². The molecule has 0 fully saturated rings. The molecule has 0 heterocycles. The van der Waals surface area contributed by atoms with Gasteiger partial charge in [0.05, 0.1) is 11.1 Å². The first-order chi connectivity index (χ1) is 9.82. The Bertz CT molecular complexity index is 693. The van der Waals surface area contributed by atoms with Gasteiger partial charge in [0, 0.05) is 11.1 Å². The van der Waals surface area contributed by atoms with Gasteiger partial charge in [0.15, 0.2) is 0 Å². The van der Waals surface area contributed by atoms with E-state index in [2.05, 4.69) is 0 Å². The third-order valence-corrected chi connectivity index (χ3v) is 2.97. The largest absolute Gasteiger partial charge is 0.478 e. The molecule has 0 saturated carbocycles. The second-order valence-electron chi connectivity index (χ2n) is 4.34. The molecule has 0 aliphatic heterocycles. The van der Waals surface area contributed by atoms with E-state index < -0.39 is 29.0 Å². The Hall–Kier alpha value is -2.76. The number of carboxylic acid groups (broad SMARTS) is 2. The van der Waals surface area contributed by atoms with Gasteiger partial charge in [-0.15, -0.1) is 0 Å². The van der Waals surface area contributed by atoms with Crippen molar-refractivity contribution in [3.63, 3.8) is 0 Å². The molecule has 0 unspecified atom stereocenters. The molecule has 0 spiro atoms. The Morgan fingerprint density at radius 3 is 1.90 bits per heavy atom. The predicted molar refractivity (Wildman–Crippen MR) is 69.8 cm³/mol. The third kappa shape index (κ3) is 2.89. The fraction of sp³-hybridized carbons (Fsp3) is 0.0667. The van der Waals surface area contributed by atoms with Crippen LogP contribution in [0.5, 0.6) is 0 Å². The van der Waals surface area contributed by atoms with Crippen molar-refractivity contribution in [1.82, 2.24) is 0 Å². The number of benzene rings is 2. The van der Waals surface area contributed by atoms with Crippen molar-refractivity contribution in [3.8, 4) is 0 Å². The van der Waals surface area contributed by atoms with Gasteiger partial charge in [-0.05, 0) is 24.3 Å². The summed E-state index contributed by atoms with van der Waals surface area (Å²) in [5, 5.41) is 17.6. The highest BCUT2D eigenvalue weighted by molar-refractivity contribution is 5.88. The number of hydrogen-bond donors (Lipinski definition) is 2. The summed E-state index contributed by atoms with van der Waals surface area (Å²) in [5.41, 5.74) is -1.22. The Kier molecular flexibility index (Phi) is 3.71. The van der Waals surface area contributed by atoms with Crippen molar-refractivity contribution in [2.24, 2.45) is 0 Å². The minimum Gasteiger partial charge on any atom is -0.478 e. The molecule has 108 valence electrons. The van der Waals surface area contributed by atoms with Gasteiger partial charge in [-0.25, -0.2) is 9.59 Å². The van der Waals surface area contributed by atoms with E-state index in [1.807, 2.05) is 0 Å². The van der Waals surface area contributed by atoms with E-state index in [0.717, 1.165) is 36.4 Å².